The summed E-state index contributed by atoms with van der Waals surface area (Å²) in [5.41, 5.74) is 0. The van der Waals surface area contributed by atoms with Gasteiger partial charge in [0.25, 0.3) is 0 Å². The van der Waals surface area contributed by atoms with Gasteiger partial charge in [-0.15, -0.1) is 0 Å². The molecule has 2 nitrogen and oxygen atoms in total. The van der Waals surface area contributed by atoms with E-state index in [1.165, 1.54) is 0 Å². The molecule has 0 aliphatic carbocycles. The van der Waals surface area contributed by atoms with Crippen LogP contribution in [0.5, 0.6) is 0 Å². The fourth-order valence-electron chi connectivity index (χ4n) is 0. The lowest BCUT2D eigenvalue weighted by Crippen LogP contribution is -1.86. The molecule has 0 saturated heterocycles. The largest absolute Gasteiger partial charge is 0.229 e. The minimum atomic E-state index is -2.67. The van der Waals surface area contributed by atoms with Crippen molar-refractivity contribution < 1.29 is 8.42 Å². The molecular formula is C2H6O2S. The fraction of sp³-hybridized carbons (Fsp3) is 1.00. The molecule has 0 aliphatic heterocycles. The quantitative estimate of drug-likeness (QED) is 0.387. The number of sulfone groups is 1. The molecule has 0 spiro atoms. The van der Waals surface area contributed by atoms with Crippen LogP contribution >= 0.6 is 0 Å². The van der Waals surface area contributed by atoms with Gasteiger partial charge in [0.15, 0.2) is 0 Å². The van der Waals surface area contributed by atoms with Gasteiger partial charge in [-0.1, -0.05) is 0 Å². The Morgan fingerprint density at radius 2 is 1.20 bits per heavy atom. The van der Waals surface area contributed by atoms with Gasteiger partial charge in [-0.05, 0) is 0 Å². The van der Waals surface area contributed by atoms with Crippen LogP contribution in [0.25, 0.3) is 0 Å². The third kappa shape index (κ3) is 6010. The normalized spacial score (nSPS) is 11.6. The monoisotopic (exact) mass is 96.0 g/mol. The summed E-state index contributed by atoms with van der Waals surface area (Å²) in [5, 5.41) is 0. The lowest BCUT2D eigenvalue weighted by atomic mass is 12.9. The van der Waals surface area contributed by atoms with Gasteiger partial charge in [0.1, 0.15) is 9.84 Å². The van der Waals surface area contributed by atoms with E-state index in [-0.39, 0.29) is 0 Å². The SMILES string of the molecule is [13CH3]S([13CH3])(=O)=O. The highest BCUT2D eigenvalue weighted by molar-refractivity contribution is 7.89. The maximum Gasteiger partial charge on any atom is 0.144 e. The molecule has 0 aromatic carbocycles. The first kappa shape index (κ1) is 4.95. The standard InChI is InChI=1S/C2H6O2S/c1-5(2,3)4/h1-2H3/i1+1,2+1. The van der Waals surface area contributed by atoms with Gasteiger partial charge in [0, 0.05) is 12.5 Å². The summed E-state index contributed by atoms with van der Waals surface area (Å²) in [5.74, 6) is 0. The second-order valence-corrected chi connectivity index (χ2v) is 3.43. The molecule has 0 unspecified atom stereocenters. The van der Waals surface area contributed by atoms with Crippen molar-refractivity contribution in [2.75, 3.05) is 12.5 Å². The summed E-state index contributed by atoms with van der Waals surface area (Å²) in [4.78, 5) is 0. The van der Waals surface area contributed by atoms with Crippen LogP contribution in [-0.4, -0.2) is 20.9 Å². The second kappa shape index (κ2) is 0.971. The summed E-state index contributed by atoms with van der Waals surface area (Å²) in [6, 6.07) is 0. The van der Waals surface area contributed by atoms with Crippen molar-refractivity contribution in [3.63, 3.8) is 0 Å². The third-order valence-electron chi connectivity index (χ3n) is 0. The summed E-state index contributed by atoms with van der Waals surface area (Å²) < 4.78 is 19.3. The first-order valence-electron chi connectivity index (χ1n) is 1.15. The summed E-state index contributed by atoms with van der Waals surface area (Å²) >= 11 is 0. The first-order chi connectivity index (χ1) is 2.00. The van der Waals surface area contributed by atoms with Crippen molar-refractivity contribution in [2.45, 2.75) is 0 Å². The number of hydrogen-bond acceptors (Lipinski definition) is 2. The van der Waals surface area contributed by atoms with E-state index >= 15 is 0 Å². The van der Waals surface area contributed by atoms with E-state index in [1.54, 1.807) is 0 Å². The van der Waals surface area contributed by atoms with Crippen LogP contribution in [0, 0.1) is 0 Å². The smallest absolute Gasteiger partial charge is 0.144 e. The highest BCUT2D eigenvalue weighted by atomic mass is 32.2. The predicted molar refractivity (Wildman–Crippen MR) is 20.8 cm³/mol. The Balaban J connectivity index is 4.06. The molecule has 0 N–H and O–H groups in total. The van der Waals surface area contributed by atoms with E-state index in [4.69, 9.17) is 0 Å². The summed E-state index contributed by atoms with van der Waals surface area (Å²) in [7, 11) is -2.67. The predicted octanol–water partition coefficient (Wildman–Crippen LogP) is -0.339. The van der Waals surface area contributed by atoms with Gasteiger partial charge < -0.3 is 0 Å². The average Bonchev–Trinajstić information content (AvgIpc) is 0.722. The highest BCUT2D eigenvalue weighted by Crippen LogP contribution is 1.61. The lowest BCUT2D eigenvalue weighted by molar-refractivity contribution is 0.607. The van der Waals surface area contributed by atoms with E-state index in [0.29, 0.717) is 0 Å². The van der Waals surface area contributed by atoms with Gasteiger partial charge >= 0.3 is 0 Å². The van der Waals surface area contributed by atoms with Gasteiger partial charge in [0.05, 0.1) is 0 Å². The molecule has 0 amide bonds. The Labute approximate surface area is 31.7 Å². The van der Waals surface area contributed by atoms with Crippen LogP contribution in [0.3, 0.4) is 0 Å². The van der Waals surface area contributed by atoms with E-state index in [9.17, 15) is 8.42 Å². The molecule has 0 aromatic rings. The Morgan fingerprint density at radius 3 is 1.20 bits per heavy atom. The zero-order valence-electron chi connectivity index (χ0n) is 3.22. The number of hydrogen-bond donors (Lipinski definition) is 0. The van der Waals surface area contributed by atoms with Crippen molar-refractivity contribution in [3.05, 3.63) is 0 Å². The van der Waals surface area contributed by atoms with E-state index in [0.717, 1.165) is 12.5 Å². The highest BCUT2D eigenvalue weighted by Gasteiger charge is 1.79. The molecule has 0 saturated carbocycles. The van der Waals surface area contributed by atoms with Crippen LogP contribution < -0.4 is 0 Å². The molecule has 0 aliphatic rings. The van der Waals surface area contributed by atoms with Crippen molar-refractivity contribution in [1.29, 1.82) is 0 Å². The molecule has 0 heterocycles. The van der Waals surface area contributed by atoms with E-state index in [1.807, 2.05) is 0 Å². The molecule has 0 aromatic heterocycles. The van der Waals surface area contributed by atoms with Crippen molar-refractivity contribution in [1.82, 2.24) is 0 Å². The molecule has 0 fully saturated rings. The Kier molecular flexibility index (Phi) is 0.961. The van der Waals surface area contributed by atoms with E-state index in [2.05, 4.69) is 0 Å². The molecule has 32 valence electrons. The molecular weight excluding hydrogens is 90.1 g/mol. The third-order valence-corrected chi connectivity index (χ3v) is 0. The van der Waals surface area contributed by atoms with Crippen molar-refractivity contribution >= 4 is 9.84 Å². The summed E-state index contributed by atoms with van der Waals surface area (Å²) in [6.45, 7) is 0. The van der Waals surface area contributed by atoms with Gasteiger partial charge in [-0.25, -0.2) is 8.42 Å². The van der Waals surface area contributed by atoms with Crippen LogP contribution in [-0.2, 0) is 9.84 Å². The fourth-order valence-corrected chi connectivity index (χ4v) is 0. The molecule has 0 radical (unpaired) electrons. The molecule has 0 bridgehead atoms. The topological polar surface area (TPSA) is 34.1 Å². The first-order valence-corrected chi connectivity index (χ1v) is 3.45. The van der Waals surface area contributed by atoms with E-state index < -0.39 is 9.84 Å². The van der Waals surface area contributed by atoms with Crippen LogP contribution in [0.1, 0.15) is 0 Å². The number of rotatable bonds is 0. The maximum absolute atomic E-state index is 9.63. The van der Waals surface area contributed by atoms with Crippen molar-refractivity contribution in [2.24, 2.45) is 0 Å². The molecule has 5 heavy (non-hydrogen) atoms. The van der Waals surface area contributed by atoms with Crippen LogP contribution in [0.15, 0.2) is 0 Å². The van der Waals surface area contributed by atoms with Crippen LogP contribution in [0.4, 0.5) is 0 Å². The lowest BCUT2D eigenvalue weighted by Gasteiger charge is -1.69. The Bertz CT molecular complexity index is 90.8. The zero-order valence-corrected chi connectivity index (χ0v) is 4.04. The zero-order chi connectivity index (χ0) is 4.50. The van der Waals surface area contributed by atoms with Gasteiger partial charge in [-0.2, -0.15) is 0 Å². The van der Waals surface area contributed by atoms with Gasteiger partial charge in [0.2, 0.25) is 0 Å². The second-order valence-electron chi connectivity index (χ2n) is 1.14. The molecule has 0 rings (SSSR count). The Morgan fingerprint density at radius 1 is 1.20 bits per heavy atom. The average molecular weight is 96.1 g/mol. The molecule has 3 heteroatoms. The summed E-state index contributed by atoms with van der Waals surface area (Å²) in [6.07, 6.45) is 2.32. The van der Waals surface area contributed by atoms with Crippen LogP contribution in [0.2, 0.25) is 0 Å². The minimum absolute atomic E-state index is 1.16. The molecule has 0 atom stereocenters. The Hall–Kier alpha value is -0.0500. The van der Waals surface area contributed by atoms with Crippen molar-refractivity contribution in [3.8, 4) is 0 Å². The van der Waals surface area contributed by atoms with Gasteiger partial charge in [-0.3, -0.25) is 0 Å². The maximum atomic E-state index is 9.63. The minimum Gasteiger partial charge on any atom is -0.229 e.